The molecule has 2 aromatic carbocycles. The summed E-state index contributed by atoms with van der Waals surface area (Å²) in [4.78, 5) is 0.722. The highest BCUT2D eigenvalue weighted by Crippen LogP contribution is 2.39. The van der Waals surface area contributed by atoms with Gasteiger partial charge in [-0.2, -0.15) is 0 Å². The van der Waals surface area contributed by atoms with Crippen LogP contribution >= 0.6 is 27.3 Å². The van der Waals surface area contributed by atoms with E-state index in [1.165, 1.54) is 11.3 Å². The van der Waals surface area contributed by atoms with Crippen molar-refractivity contribution in [1.29, 1.82) is 0 Å². The fraction of sp³-hybridized carbons (Fsp3) is 0.238. The van der Waals surface area contributed by atoms with Crippen molar-refractivity contribution in [3.8, 4) is 0 Å². The molecule has 8 heteroatoms. The Morgan fingerprint density at radius 3 is 1.90 bits per heavy atom. The predicted molar refractivity (Wildman–Crippen MR) is 126 cm³/mol. The normalized spacial score (nSPS) is 12.9. The Hall–Kier alpha value is -1.29. The Bertz CT molecular complexity index is 1040. The Labute approximate surface area is 186 Å². The average Bonchev–Trinajstić information content (AvgIpc) is 3.04. The van der Waals surface area contributed by atoms with Crippen LogP contribution in [0.15, 0.2) is 75.4 Å². The van der Waals surface area contributed by atoms with Gasteiger partial charge in [0.2, 0.25) is 10.0 Å². The van der Waals surface area contributed by atoms with Crippen molar-refractivity contribution >= 4 is 56.0 Å². The molecule has 0 fully saturated rings. The molecule has 0 saturated carbocycles. The second-order valence-electron chi connectivity index (χ2n) is 7.83. The number of rotatable bonds is 6. The van der Waals surface area contributed by atoms with E-state index in [1.54, 1.807) is 6.07 Å². The number of nitrogens with two attached hydrogens (primary N) is 1. The van der Waals surface area contributed by atoms with Crippen LogP contribution in [0.2, 0.25) is 5.04 Å². The highest BCUT2D eigenvalue weighted by molar-refractivity contribution is 9.11. The van der Waals surface area contributed by atoms with Crippen LogP contribution in [-0.2, 0) is 21.1 Å². The minimum atomic E-state index is -3.83. The van der Waals surface area contributed by atoms with Gasteiger partial charge in [0, 0.05) is 0 Å². The van der Waals surface area contributed by atoms with Crippen LogP contribution < -0.4 is 15.5 Å². The van der Waals surface area contributed by atoms with Crippen molar-refractivity contribution in [3.05, 3.63) is 75.4 Å². The third-order valence-corrected chi connectivity index (χ3v) is 12.6. The summed E-state index contributed by atoms with van der Waals surface area (Å²) < 4.78 is 31.6. The van der Waals surface area contributed by atoms with E-state index in [0.29, 0.717) is 8.66 Å². The van der Waals surface area contributed by atoms with Gasteiger partial charge in [0.15, 0.2) is 0 Å². The molecule has 4 nitrogen and oxygen atoms in total. The summed E-state index contributed by atoms with van der Waals surface area (Å²) in [6.07, 6.45) is 0. The van der Waals surface area contributed by atoms with Gasteiger partial charge in [-0.3, -0.25) is 0 Å². The molecule has 0 atom stereocenters. The third kappa shape index (κ3) is 4.57. The molecule has 0 spiro atoms. The maximum absolute atomic E-state index is 12.0. The van der Waals surface area contributed by atoms with Gasteiger partial charge >= 0.3 is 0 Å². The first-order valence-corrected chi connectivity index (χ1v) is 14.2. The maximum atomic E-state index is 12.0. The summed E-state index contributed by atoms with van der Waals surface area (Å²) >= 11 is 4.72. The largest absolute Gasteiger partial charge is 0.402 e. The van der Waals surface area contributed by atoms with Crippen molar-refractivity contribution in [2.75, 3.05) is 0 Å². The summed E-state index contributed by atoms with van der Waals surface area (Å²) in [5, 5.41) is 7.53. The highest BCUT2D eigenvalue weighted by atomic mass is 79.9. The van der Waals surface area contributed by atoms with Crippen molar-refractivity contribution < 1.29 is 12.8 Å². The Kier molecular flexibility index (Phi) is 6.52. The van der Waals surface area contributed by atoms with Crippen LogP contribution in [0.4, 0.5) is 0 Å². The zero-order valence-electron chi connectivity index (χ0n) is 16.6. The molecular formula is C21H24BrNO3S2Si. The SMILES string of the molecule is CC(C)(C)[Si](OCc1sc(Br)cc1S(N)(=O)=O)(c1ccccc1)c1ccccc1. The Morgan fingerprint density at radius 1 is 1.00 bits per heavy atom. The first-order valence-electron chi connectivity index (χ1n) is 9.12. The lowest BCUT2D eigenvalue weighted by molar-refractivity contribution is 0.287. The molecule has 0 aliphatic rings. The molecule has 0 aliphatic carbocycles. The minimum Gasteiger partial charge on any atom is -0.402 e. The number of benzene rings is 2. The summed E-state index contributed by atoms with van der Waals surface area (Å²) in [6.45, 7) is 6.73. The van der Waals surface area contributed by atoms with Crippen LogP contribution in [0.5, 0.6) is 0 Å². The third-order valence-electron chi connectivity index (χ3n) is 4.88. The van der Waals surface area contributed by atoms with Gasteiger partial charge in [-0.05, 0) is 37.4 Å². The predicted octanol–water partition coefficient (Wildman–Crippen LogP) is 4.23. The van der Waals surface area contributed by atoms with Crippen molar-refractivity contribution in [1.82, 2.24) is 0 Å². The fourth-order valence-electron chi connectivity index (χ4n) is 3.66. The van der Waals surface area contributed by atoms with Crippen LogP contribution in [0.3, 0.4) is 0 Å². The molecule has 0 saturated heterocycles. The van der Waals surface area contributed by atoms with E-state index >= 15 is 0 Å². The van der Waals surface area contributed by atoms with E-state index in [9.17, 15) is 8.42 Å². The first kappa shape index (κ1) is 22.4. The van der Waals surface area contributed by atoms with Crippen LogP contribution in [-0.4, -0.2) is 16.7 Å². The molecule has 154 valence electrons. The number of halogens is 1. The topological polar surface area (TPSA) is 69.4 Å². The van der Waals surface area contributed by atoms with Crippen molar-refractivity contribution in [2.45, 2.75) is 37.3 Å². The van der Waals surface area contributed by atoms with Gasteiger partial charge in [0.1, 0.15) is 0 Å². The second-order valence-corrected chi connectivity index (χ2v) is 16.2. The number of thiophene rings is 1. The van der Waals surface area contributed by atoms with Crippen LogP contribution in [0.1, 0.15) is 25.6 Å². The summed E-state index contributed by atoms with van der Waals surface area (Å²) in [6, 6.07) is 22.0. The van der Waals surface area contributed by atoms with Crippen molar-refractivity contribution in [3.63, 3.8) is 0 Å². The van der Waals surface area contributed by atoms with Crippen molar-refractivity contribution in [2.24, 2.45) is 5.14 Å². The van der Waals surface area contributed by atoms with Gasteiger partial charge in [-0.25, -0.2) is 13.6 Å². The Balaban J connectivity index is 2.15. The van der Waals surface area contributed by atoms with Gasteiger partial charge in [0.05, 0.1) is 20.2 Å². The molecule has 0 amide bonds. The molecule has 1 heterocycles. The molecule has 2 N–H and O–H groups in total. The molecule has 3 rings (SSSR count). The highest BCUT2D eigenvalue weighted by Gasteiger charge is 2.50. The second kappa shape index (κ2) is 8.45. The minimum absolute atomic E-state index is 0.118. The van der Waals surface area contributed by atoms with E-state index in [2.05, 4.69) is 61.0 Å². The van der Waals surface area contributed by atoms with E-state index in [4.69, 9.17) is 9.56 Å². The zero-order valence-corrected chi connectivity index (χ0v) is 20.8. The standard InChI is InChI=1S/C21H24BrNO3S2Si/c1-21(2,3)29(16-10-6-4-7-11-16,17-12-8-5-9-13-17)26-15-18-19(28(23,24)25)14-20(22)27-18/h4-14H,15H2,1-3H3,(H2,23,24,25). The summed E-state index contributed by atoms with van der Waals surface area (Å²) in [5.74, 6) is 0. The molecule has 0 unspecified atom stereocenters. The molecule has 29 heavy (non-hydrogen) atoms. The fourth-order valence-corrected chi connectivity index (χ4v) is 11.1. The molecule has 3 aromatic rings. The van der Waals surface area contributed by atoms with E-state index in [0.717, 1.165) is 10.4 Å². The average molecular weight is 511 g/mol. The molecular weight excluding hydrogens is 486 g/mol. The maximum Gasteiger partial charge on any atom is 0.261 e. The number of hydrogen-bond donors (Lipinski definition) is 1. The first-order chi connectivity index (χ1) is 13.6. The van der Waals surface area contributed by atoms with Crippen LogP contribution in [0, 0.1) is 0 Å². The molecule has 0 bridgehead atoms. The lowest BCUT2D eigenvalue weighted by Gasteiger charge is -2.43. The monoisotopic (exact) mass is 509 g/mol. The molecule has 0 radical (unpaired) electrons. The summed E-state index contributed by atoms with van der Waals surface area (Å²) in [7, 11) is -6.58. The zero-order chi connectivity index (χ0) is 21.3. The van der Waals surface area contributed by atoms with E-state index < -0.39 is 18.3 Å². The van der Waals surface area contributed by atoms with Gasteiger partial charge < -0.3 is 4.43 Å². The summed E-state index contributed by atoms with van der Waals surface area (Å²) in [5.41, 5.74) is 0. The smallest absolute Gasteiger partial charge is 0.261 e. The van der Waals surface area contributed by atoms with E-state index in [1.807, 2.05) is 36.4 Å². The number of primary sulfonamides is 1. The van der Waals surface area contributed by atoms with Gasteiger partial charge in [-0.15, -0.1) is 11.3 Å². The molecule has 0 aliphatic heterocycles. The molecule has 1 aromatic heterocycles. The van der Waals surface area contributed by atoms with Gasteiger partial charge in [-0.1, -0.05) is 81.4 Å². The lowest BCUT2D eigenvalue weighted by atomic mass is 10.2. The quantitative estimate of drug-likeness (QED) is 0.505. The Morgan fingerprint density at radius 2 is 1.48 bits per heavy atom. The number of hydrogen-bond acceptors (Lipinski definition) is 4. The van der Waals surface area contributed by atoms with Gasteiger partial charge in [0.25, 0.3) is 8.32 Å². The lowest BCUT2D eigenvalue weighted by Crippen LogP contribution is -2.66. The van der Waals surface area contributed by atoms with Crippen LogP contribution in [0.25, 0.3) is 0 Å². The number of sulfonamides is 1. The van der Waals surface area contributed by atoms with E-state index in [-0.39, 0.29) is 16.5 Å².